The van der Waals surface area contributed by atoms with Crippen LogP contribution in [0.15, 0.2) is 24.4 Å². The molecule has 0 aliphatic rings. The zero-order valence-electron chi connectivity index (χ0n) is 11.8. The van der Waals surface area contributed by atoms with Gasteiger partial charge in [0.25, 0.3) is 0 Å². The summed E-state index contributed by atoms with van der Waals surface area (Å²) in [6.07, 6.45) is -2.94. The van der Waals surface area contributed by atoms with Gasteiger partial charge in [-0.05, 0) is 5.56 Å². The van der Waals surface area contributed by atoms with E-state index in [1.807, 2.05) is 0 Å². The molecule has 0 aliphatic carbocycles. The zero-order valence-corrected chi connectivity index (χ0v) is 11.8. The SMILES string of the molecule is COc1cc(C(F)(F)F)nn1CCOc1ccc(CN)cn1. The Balaban J connectivity index is 1.97. The molecule has 0 fully saturated rings. The number of halogens is 3. The molecule has 0 bridgehead atoms. The van der Waals surface area contributed by atoms with Crippen LogP contribution in [0.25, 0.3) is 0 Å². The van der Waals surface area contributed by atoms with Crippen molar-refractivity contribution < 1.29 is 22.6 Å². The van der Waals surface area contributed by atoms with E-state index in [0.29, 0.717) is 12.4 Å². The predicted molar refractivity (Wildman–Crippen MR) is 71.4 cm³/mol. The molecule has 0 saturated carbocycles. The number of methoxy groups -OCH3 is 1. The van der Waals surface area contributed by atoms with E-state index in [9.17, 15) is 13.2 Å². The molecule has 2 aromatic rings. The van der Waals surface area contributed by atoms with Gasteiger partial charge in [0, 0.05) is 24.9 Å². The van der Waals surface area contributed by atoms with E-state index in [-0.39, 0.29) is 19.0 Å². The van der Waals surface area contributed by atoms with E-state index in [2.05, 4.69) is 10.1 Å². The van der Waals surface area contributed by atoms with Crippen molar-refractivity contribution in [1.29, 1.82) is 0 Å². The highest BCUT2D eigenvalue weighted by Gasteiger charge is 2.35. The number of nitrogens with zero attached hydrogens (tertiary/aromatic N) is 3. The Morgan fingerprint density at radius 2 is 2.09 bits per heavy atom. The summed E-state index contributed by atoms with van der Waals surface area (Å²) in [7, 11) is 1.28. The molecule has 9 heteroatoms. The third-order valence-corrected chi connectivity index (χ3v) is 2.83. The molecular formula is C13H15F3N4O2. The molecule has 0 unspecified atom stereocenters. The van der Waals surface area contributed by atoms with Crippen molar-refractivity contribution in [2.24, 2.45) is 5.73 Å². The summed E-state index contributed by atoms with van der Waals surface area (Å²) in [5, 5.41) is 3.46. The number of ether oxygens (including phenoxy) is 2. The van der Waals surface area contributed by atoms with Gasteiger partial charge in [0.05, 0.1) is 13.7 Å². The molecule has 120 valence electrons. The quantitative estimate of drug-likeness (QED) is 0.880. The molecular weight excluding hydrogens is 301 g/mol. The van der Waals surface area contributed by atoms with Crippen LogP contribution in [0.5, 0.6) is 11.8 Å². The maximum absolute atomic E-state index is 12.6. The van der Waals surface area contributed by atoms with Crippen LogP contribution in [-0.2, 0) is 19.3 Å². The maximum Gasteiger partial charge on any atom is 0.435 e. The van der Waals surface area contributed by atoms with Gasteiger partial charge < -0.3 is 15.2 Å². The topological polar surface area (TPSA) is 75.2 Å². The minimum atomic E-state index is -4.51. The minimum absolute atomic E-state index is 0.0161. The maximum atomic E-state index is 12.6. The molecule has 0 amide bonds. The molecule has 2 heterocycles. The lowest BCUT2D eigenvalue weighted by atomic mass is 10.3. The van der Waals surface area contributed by atoms with Crippen LogP contribution in [0.4, 0.5) is 13.2 Å². The number of rotatable bonds is 6. The molecule has 0 spiro atoms. The molecule has 6 nitrogen and oxygen atoms in total. The van der Waals surface area contributed by atoms with Gasteiger partial charge in [0.2, 0.25) is 11.8 Å². The van der Waals surface area contributed by atoms with Crippen molar-refractivity contribution in [3.05, 3.63) is 35.7 Å². The van der Waals surface area contributed by atoms with Crippen molar-refractivity contribution in [1.82, 2.24) is 14.8 Å². The summed E-state index contributed by atoms with van der Waals surface area (Å²) in [5.41, 5.74) is 5.30. The first-order valence-electron chi connectivity index (χ1n) is 6.41. The van der Waals surface area contributed by atoms with Gasteiger partial charge in [-0.2, -0.15) is 18.3 Å². The molecule has 0 saturated heterocycles. The first-order valence-corrected chi connectivity index (χ1v) is 6.41. The molecule has 22 heavy (non-hydrogen) atoms. The Morgan fingerprint density at radius 1 is 1.32 bits per heavy atom. The first kappa shape index (κ1) is 16.1. The largest absolute Gasteiger partial charge is 0.481 e. The Labute approximate surface area is 124 Å². The number of hydrogen-bond donors (Lipinski definition) is 1. The summed E-state index contributed by atoms with van der Waals surface area (Å²) in [5.74, 6) is 0.377. The second-order valence-corrected chi connectivity index (χ2v) is 4.35. The Morgan fingerprint density at radius 3 is 2.64 bits per heavy atom. The highest BCUT2D eigenvalue weighted by Crippen LogP contribution is 2.30. The fourth-order valence-electron chi connectivity index (χ4n) is 1.72. The van der Waals surface area contributed by atoms with E-state index in [0.717, 1.165) is 16.3 Å². The molecule has 0 aromatic carbocycles. The van der Waals surface area contributed by atoms with Crippen LogP contribution >= 0.6 is 0 Å². The lowest BCUT2D eigenvalue weighted by Gasteiger charge is -2.08. The van der Waals surface area contributed by atoms with Crippen LogP contribution in [0.2, 0.25) is 0 Å². The Kier molecular flexibility index (Phi) is 4.86. The summed E-state index contributed by atoms with van der Waals surface area (Å²) < 4.78 is 49.1. The van der Waals surface area contributed by atoms with E-state index >= 15 is 0 Å². The third-order valence-electron chi connectivity index (χ3n) is 2.83. The fourth-order valence-corrected chi connectivity index (χ4v) is 1.72. The van der Waals surface area contributed by atoms with Gasteiger partial charge in [0.15, 0.2) is 5.69 Å². The fraction of sp³-hybridized carbons (Fsp3) is 0.385. The third kappa shape index (κ3) is 3.88. The van der Waals surface area contributed by atoms with Crippen LogP contribution in [0, 0.1) is 0 Å². The standard InChI is InChI=1S/C13H15F3N4O2/c1-21-12-6-10(13(14,15)16)19-20(12)4-5-22-11-3-2-9(7-17)8-18-11/h2-3,6,8H,4-5,7,17H2,1H3. The highest BCUT2D eigenvalue weighted by atomic mass is 19.4. The van der Waals surface area contributed by atoms with Gasteiger partial charge in [0.1, 0.15) is 6.61 Å². The summed E-state index contributed by atoms with van der Waals surface area (Å²) in [6.45, 7) is 0.571. The average Bonchev–Trinajstić information content (AvgIpc) is 2.91. The lowest BCUT2D eigenvalue weighted by molar-refractivity contribution is -0.141. The number of alkyl halides is 3. The van der Waals surface area contributed by atoms with E-state index in [1.54, 1.807) is 18.3 Å². The zero-order chi connectivity index (χ0) is 16.2. The molecule has 0 aliphatic heterocycles. The second-order valence-electron chi connectivity index (χ2n) is 4.35. The number of aromatic nitrogens is 3. The first-order chi connectivity index (χ1) is 10.4. The molecule has 2 aromatic heterocycles. The van der Waals surface area contributed by atoms with Gasteiger partial charge in [-0.3, -0.25) is 0 Å². The predicted octanol–water partition coefficient (Wildman–Crippen LogP) is 1.84. The van der Waals surface area contributed by atoms with Crippen molar-refractivity contribution in [3.63, 3.8) is 0 Å². The molecule has 0 atom stereocenters. The van der Waals surface area contributed by atoms with Crippen LogP contribution in [0.3, 0.4) is 0 Å². The monoisotopic (exact) mass is 316 g/mol. The average molecular weight is 316 g/mol. The van der Waals surface area contributed by atoms with E-state index in [1.165, 1.54) is 7.11 Å². The lowest BCUT2D eigenvalue weighted by Crippen LogP contribution is -2.13. The van der Waals surface area contributed by atoms with E-state index in [4.69, 9.17) is 15.2 Å². The van der Waals surface area contributed by atoms with Gasteiger partial charge in [-0.15, -0.1) is 0 Å². The summed E-state index contributed by atoms with van der Waals surface area (Å²) in [4.78, 5) is 4.02. The van der Waals surface area contributed by atoms with Crippen LogP contribution in [0.1, 0.15) is 11.3 Å². The summed E-state index contributed by atoms with van der Waals surface area (Å²) in [6, 6.07) is 4.25. The van der Waals surface area contributed by atoms with E-state index < -0.39 is 11.9 Å². The number of nitrogens with two attached hydrogens (primary N) is 1. The smallest absolute Gasteiger partial charge is 0.435 e. The van der Waals surface area contributed by atoms with Crippen LogP contribution < -0.4 is 15.2 Å². The van der Waals surface area contributed by atoms with Crippen molar-refractivity contribution in [2.45, 2.75) is 19.3 Å². The molecule has 0 radical (unpaired) electrons. The van der Waals surface area contributed by atoms with Crippen molar-refractivity contribution >= 4 is 0 Å². The molecule has 2 N–H and O–H groups in total. The highest BCUT2D eigenvalue weighted by molar-refractivity contribution is 5.19. The Hall–Kier alpha value is -2.29. The Bertz CT molecular complexity index is 611. The minimum Gasteiger partial charge on any atom is -0.481 e. The second kappa shape index (κ2) is 6.65. The van der Waals surface area contributed by atoms with Gasteiger partial charge >= 0.3 is 6.18 Å². The van der Waals surface area contributed by atoms with Crippen molar-refractivity contribution in [3.8, 4) is 11.8 Å². The summed E-state index contributed by atoms with van der Waals surface area (Å²) >= 11 is 0. The normalized spacial score (nSPS) is 11.5. The number of pyridine rings is 1. The number of hydrogen-bond acceptors (Lipinski definition) is 5. The van der Waals surface area contributed by atoms with Gasteiger partial charge in [-0.25, -0.2) is 9.67 Å². The van der Waals surface area contributed by atoms with Crippen molar-refractivity contribution in [2.75, 3.05) is 13.7 Å². The van der Waals surface area contributed by atoms with Gasteiger partial charge in [-0.1, -0.05) is 6.07 Å². The molecule has 2 rings (SSSR count). The van der Waals surface area contributed by atoms with Crippen LogP contribution in [-0.4, -0.2) is 28.5 Å².